The van der Waals surface area contributed by atoms with Gasteiger partial charge in [-0.05, 0) is 23.6 Å². The standard InChI is InChI=1S/C17H24N4O2/c1-13(14-4-6-15(22-3)7-5-14)10-21-8-9-23-16(11-21)17-19-18-12-20(17)2/h4-7,12-13,16H,8-11H2,1-3H3/t13-,16-/m0/s1. The minimum absolute atomic E-state index is 0.000632. The van der Waals surface area contributed by atoms with Gasteiger partial charge in [-0.15, -0.1) is 10.2 Å². The Morgan fingerprint density at radius 1 is 1.35 bits per heavy atom. The fraction of sp³-hybridized carbons (Fsp3) is 0.529. The molecule has 2 atom stereocenters. The fourth-order valence-electron chi connectivity index (χ4n) is 3.03. The third kappa shape index (κ3) is 3.71. The molecule has 23 heavy (non-hydrogen) atoms. The van der Waals surface area contributed by atoms with Gasteiger partial charge in [-0.3, -0.25) is 4.90 Å². The molecule has 2 aromatic rings. The van der Waals surface area contributed by atoms with E-state index >= 15 is 0 Å². The molecular weight excluding hydrogens is 292 g/mol. The second-order valence-corrected chi connectivity index (χ2v) is 6.09. The van der Waals surface area contributed by atoms with E-state index in [9.17, 15) is 0 Å². The van der Waals surface area contributed by atoms with E-state index in [2.05, 4.69) is 34.2 Å². The molecule has 1 aliphatic heterocycles. The molecule has 0 aliphatic carbocycles. The summed E-state index contributed by atoms with van der Waals surface area (Å²) in [7, 11) is 3.65. The first-order valence-corrected chi connectivity index (χ1v) is 7.99. The van der Waals surface area contributed by atoms with Crippen LogP contribution in [0.4, 0.5) is 0 Å². The molecule has 1 aliphatic rings. The summed E-state index contributed by atoms with van der Waals surface area (Å²) < 4.78 is 13.0. The van der Waals surface area contributed by atoms with Crippen molar-refractivity contribution in [2.75, 3.05) is 33.4 Å². The molecule has 0 amide bonds. The highest BCUT2D eigenvalue weighted by molar-refractivity contribution is 5.29. The van der Waals surface area contributed by atoms with Crippen molar-refractivity contribution in [3.05, 3.63) is 42.0 Å². The predicted octanol–water partition coefficient (Wildman–Crippen LogP) is 2.00. The average molecular weight is 316 g/mol. The van der Waals surface area contributed by atoms with Gasteiger partial charge in [0.15, 0.2) is 5.82 Å². The molecule has 0 bridgehead atoms. The number of ether oxygens (including phenoxy) is 2. The molecule has 6 heteroatoms. The van der Waals surface area contributed by atoms with Gasteiger partial charge in [0.25, 0.3) is 0 Å². The third-order valence-electron chi connectivity index (χ3n) is 4.40. The van der Waals surface area contributed by atoms with Crippen molar-refractivity contribution in [2.24, 2.45) is 7.05 Å². The van der Waals surface area contributed by atoms with Gasteiger partial charge in [-0.2, -0.15) is 0 Å². The minimum Gasteiger partial charge on any atom is -0.497 e. The number of methoxy groups -OCH3 is 1. The summed E-state index contributed by atoms with van der Waals surface area (Å²) in [5.74, 6) is 2.25. The van der Waals surface area contributed by atoms with Crippen molar-refractivity contribution in [3.8, 4) is 5.75 Å². The molecule has 1 aromatic carbocycles. The topological polar surface area (TPSA) is 52.4 Å². The summed E-state index contributed by atoms with van der Waals surface area (Å²) in [4.78, 5) is 2.44. The molecule has 0 spiro atoms. The number of nitrogens with zero attached hydrogens (tertiary/aromatic N) is 4. The van der Waals surface area contributed by atoms with Crippen LogP contribution in [0.3, 0.4) is 0 Å². The Bertz CT molecular complexity index is 626. The first-order chi connectivity index (χ1) is 11.2. The molecule has 3 rings (SSSR count). The van der Waals surface area contributed by atoms with Gasteiger partial charge in [0, 0.05) is 26.7 Å². The van der Waals surface area contributed by atoms with E-state index in [1.807, 2.05) is 23.7 Å². The molecule has 6 nitrogen and oxygen atoms in total. The van der Waals surface area contributed by atoms with Crippen LogP contribution in [0, 0.1) is 0 Å². The van der Waals surface area contributed by atoms with E-state index < -0.39 is 0 Å². The SMILES string of the molecule is COc1ccc([C@@H](C)CN2CCO[C@H](c3nncn3C)C2)cc1. The van der Waals surface area contributed by atoms with Crippen LogP contribution in [0.2, 0.25) is 0 Å². The van der Waals surface area contributed by atoms with Crippen molar-refractivity contribution < 1.29 is 9.47 Å². The molecule has 2 heterocycles. The van der Waals surface area contributed by atoms with Crippen molar-refractivity contribution in [1.29, 1.82) is 0 Å². The highest BCUT2D eigenvalue weighted by Crippen LogP contribution is 2.24. The number of aromatic nitrogens is 3. The Morgan fingerprint density at radius 2 is 2.13 bits per heavy atom. The van der Waals surface area contributed by atoms with Crippen molar-refractivity contribution >= 4 is 0 Å². The summed E-state index contributed by atoms with van der Waals surface area (Å²) in [6.45, 7) is 5.80. The largest absolute Gasteiger partial charge is 0.497 e. The van der Waals surface area contributed by atoms with E-state index in [1.54, 1.807) is 13.4 Å². The van der Waals surface area contributed by atoms with E-state index in [4.69, 9.17) is 9.47 Å². The summed E-state index contributed by atoms with van der Waals surface area (Å²) in [6, 6.07) is 8.33. The highest BCUT2D eigenvalue weighted by Gasteiger charge is 2.26. The lowest BCUT2D eigenvalue weighted by molar-refractivity contribution is -0.0369. The summed E-state index contributed by atoms with van der Waals surface area (Å²) >= 11 is 0. The van der Waals surface area contributed by atoms with Crippen molar-refractivity contribution in [2.45, 2.75) is 18.9 Å². The van der Waals surface area contributed by atoms with Gasteiger partial charge in [0.2, 0.25) is 0 Å². The zero-order valence-corrected chi connectivity index (χ0v) is 14.0. The van der Waals surface area contributed by atoms with E-state index in [-0.39, 0.29) is 6.10 Å². The zero-order chi connectivity index (χ0) is 16.2. The Kier molecular flexibility index (Phi) is 4.93. The lowest BCUT2D eigenvalue weighted by Gasteiger charge is -2.34. The van der Waals surface area contributed by atoms with Crippen LogP contribution in [0.5, 0.6) is 5.75 Å². The van der Waals surface area contributed by atoms with Gasteiger partial charge in [0.1, 0.15) is 18.2 Å². The normalized spacial score (nSPS) is 20.4. The van der Waals surface area contributed by atoms with Crippen LogP contribution >= 0.6 is 0 Å². The van der Waals surface area contributed by atoms with Gasteiger partial charge in [-0.25, -0.2) is 0 Å². The third-order valence-corrected chi connectivity index (χ3v) is 4.40. The first kappa shape index (κ1) is 16.0. The van der Waals surface area contributed by atoms with Gasteiger partial charge in [0.05, 0.1) is 13.7 Å². The van der Waals surface area contributed by atoms with Crippen LogP contribution in [0.25, 0.3) is 0 Å². The molecule has 1 saturated heterocycles. The molecule has 0 unspecified atom stereocenters. The lowest BCUT2D eigenvalue weighted by atomic mass is 10.00. The van der Waals surface area contributed by atoms with Crippen LogP contribution in [0.1, 0.15) is 30.3 Å². The van der Waals surface area contributed by atoms with E-state index in [1.165, 1.54) is 5.56 Å². The van der Waals surface area contributed by atoms with Gasteiger partial charge >= 0.3 is 0 Å². The number of rotatable bonds is 5. The molecule has 0 N–H and O–H groups in total. The molecule has 0 radical (unpaired) electrons. The number of aryl methyl sites for hydroxylation is 1. The average Bonchev–Trinajstić information content (AvgIpc) is 3.01. The number of morpholine rings is 1. The monoisotopic (exact) mass is 316 g/mol. The van der Waals surface area contributed by atoms with Gasteiger partial charge < -0.3 is 14.0 Å². The first-order valence-electron chi connectivity index (χ1n) is 7.99. The molecular formula is C17H24N4O2. The van der Waals surface area contributed by atoms with Crippen LogP contribution in [0.15, 0.2) is 30.6 Å². The Balaban J connectivity index is 1.61. The lowest BCUT2D eigenvalue weighted by Crippen LogP contribution is -2.40. The van der Waals surface area contributed by atoms with E-state index in [0.29, 0.717) is 5.92 Å². The Labute approximate surface area is 137 Å². The van der Waals surface area contributed by atoms with Gasteiger partial charge in [-0.1, -0.05) is 19.1 Å². The fourth-order valence-corrected chi connectivity index (χ4v) is 3.03. The maximum atomic E-state index is 5.87. The van der Waals surface area contributed by atoms with Crippen LogP contribution < -0.4 is 4.74 Å². The maximum absolute atomic E-state index is 5.87. The zero-order valence-electron chi connectivity index (χ0n) is 14.0. The number of hydrogen-bond donors (Lipinski definition) is 0. The molecule has 0 saturated carbocycles. The quantitative estimate of drug-likeness (QED) is 0.844. The molecule has 124 valence electrons. The Morgan fingerprint density at radius 3 is 2.78 bits per heavy atom. The predicted molar refractivity (Wildman–Crippen MR) is 87.5 cm³/mol. The Hall–Kier alpha value is -1.92. The van der Waals surface area contributed by atoms with Crippen molar-refractivity contribution in [3.63, 3.8) is 0 Å². The van der Waals surface area contributed by atoms with Crippen LogP contribution in [-0.4, -0.2) is 53.0 Å². The highest BCUT2D eigenvalue weighted by atomic mass is 16.5. The summed E-state index contributed by atoms with van der Waals surface area (Å²) in [5.41, 5.74) is 1.33. The number of hydrogen-bond acceptors (Lipinski definition) is 5. The molecule has 1 aromatic heterocycles. The smallest absolute Gasteiger partial charge is 0.163 e. The number of benzene rings is 1. The van der Waals surface area contributed by atoms with Crippen molar-refractivity contribution in [1.82, 2.24) is 19.7 Å². The second kappa shape index (κ2) is 7.10. The summed E-state index contributed by atoms with van der Waals surface area (Å²) in [6.07, 6.45) is 1.72. The minimum atomic E-state index is -0.000632. The molecule has 1 fully saturated rings. The van der Waals surface area contributed by atoms with E-state index in [0.717, 1.165) is 37.8 Å². The summed E-state index contributed by atoms with van der Waals surface area (Å²) in [5, 5.41) is 8.13. The second-order valence-electron chi connectivity index (χ2n) is 6.09. The maximum Gasteiger partial charge on any atom is 0.163 e. The van der Waals surface area contributed by atoms with Crippen LogP contribution in [-0.2, 0) is 11.8 Å².